The summed E-state index contributed by atoms with van der Waals surface area (Å²) in [7, 11) is 0. The molecule has 0 N–H and O–H groups in total. The van der Waals surface area contributed by atoms with Gasteiger partial charge in [0, 0.05) is 0 Å². The van der Waals surface area contributed by atoms with Crippen LogP contribution < -0.4 is 0 Å². The van der Waals surface area contributed by atoms with Gasteiger partial charge < -0.3 is 0 Å². The van der Waals surface area contributed by atoms with Gasteiger partial charge in [0.1, 0.15) is 0 Å². The van der Waals surface area contributed by atoms with Gasteiger partial charge in [-0.3, -0.25) is 0 Å². The van der Waals surface area contributed by atoms with Crippen LogP contribution in [0.4, 0.5) is 0 Å². The van der Waals surface area contributed by atoms with Crippen molar-refractivity contribution in [3.05, 3.63) is 0 Å². The van der Waals surface area contributed by atoms with E-state index in [4.69, 9.17) is 0 Å². The molecule has 34 valence electrons. The molecule has 0 nitrogen and oxygen atoms in total. The fourth-order valence-corrected chi connectivity index (χ4v) is 0. The maximum atomic E-state index is 0. The van der Waals surface area contributed by atoms with Gasteiger partial charge in [0.2, 0.25) is 0 Å². The van der Waals surface area contributed by atoms with Crippen molar-refractivity contribution in [1.82, 2.24) is 0 Å². The van der Waals surface area contributed by atoms with E-state index in [0.29, 0.717) is 0 Å². The van der Waals surface area contributed by atoms with E-state index >= 15 is 0 Å². The minimum atomic E-state index is 0. The summed E-state index contributed by atoms with van der Waals surface area (Å²) in [4.78, 5) is 0. The van der Waals surface area contributed by atoms with Crippen LogP contribution >= 0.6 is 0 Å². The quantitative estimate of drug-likeness (QED) is 0.389. The topological polar surface area (TPSA) is 0 Å². The van der Waals surface area contributed by atoms with Gasteiger partial charge in [0.25, 0.3) is 0 Å². The molecule has 0 saturated heterocycles. The first-order valence-corrected chi connectivity index (χ1v) is 0. The zero-order valence-corrected chi connectivity index (χ0v) is 0. The fraction of sp³-hybridized carbons (Fsp3) is 0. The van der Waals surface area contributed by atoms with E-state index in [-0.39, 0.29) is 282 Å². The van der Waals surface area contributed by atoms with E-state index in [0.717, 1.165) is 0 Å². The van der Waals surface area contributed by atoms with E-state index in [9.17, 15) is 0 Å². The molecule has 0 bridgehead atoms. The van der Waals surface area contributed by atoms with Crippen molar-refractivity contribution in [2.45, 2.75) is 0 Å². The monoisotopic (exact) mass is 324 g/mol. The molecule has 0 aromatic carbocycles. The summed E-state index contributed by atoms with van der Waals surface area (Å²) in [6, 6.07) is 0. The summed E-state index contributed by atoms with van der Waals surface area (Å²) in [5, 5.41) is 0. The van der Waals surface area contributed by atoms with Crippen molar-refractivity contribution < 1.29 is 0 Å². The first-order chi connectivity index (χ1) is 0. The molecule has 0 amide bonds. The molecule has 8 heavy (non-hydrogen) atoms. The summed E-state index contributed by atoms with van der Waals surface area (Å²) >= 11 is 0. The predicted octanol–water partition coefficient (Wildman–Crippen LogP) is -7.60. The summed E-state index contributed by atoms with van der Waals surface area (Å²) < 4.78 is 0. The van der Waals surface area contributed by atoms with Gasteiger partial charge in [0.05, 0.1) is 0 Å². The Bertz CT molecular complexity index is 4.35. The maximum absolute atomic E-state index is 0. The third-order valence-corrected chi connectivity index (χ3v) is 0. The van der Waals surface area contributed by atoms with Crippen molar-refractivity contribution in [2.24, 2.45) is 0 Å². The molecule has 0 unspecified atom stereocenters. The van der Waals surface area contributed by atoms with Crippen LogP contribution in [0.1, 0.15) is 0 Å². The van der Waals surface area contributed by atoms with Gasteiger partial charge in [-0.1, -0.05) is 0 Å². The first-order valence-electron chi connectivity index (χ1n) is 0. The average molecular weight is 325 g/mol. The molecule has 0 fully saturated rings. The third kappa shape index (κ3) is 36.2. The van der Waals surface area contributed by atoms with E-state index in [2.05, 4.69) is 0 Å². The van der Waals surface area contributed by atoms with Crippen LogP contribution in [0.5, 0.6) is 0 Å². The van der Waals surface area contributed by atoms with Crippen LogP contribution in [-0.4, -0.2) is 282 Å². The fourth-order valence-electron chi connectivity index (χ4n) is 0. The minimum absolute atomic E-state index is 0. The SMILES string of the molecule is [AlH3].[CaH2].[CaH2].[CaH2].[CaH2].[CaH2].[CaH2].[CaH2]. The molecule has 0 aliphatic carbocycles. The summed E-state index contributed by atoms with van der Waals surface area (Å²) in [6.07, 6.45) is 0. The van der Waals surface area contributed by atoms with Crippen molar-refractivity contribution in [3.8, 4) is 0 Å². The van der Waals surface area contributed by atoms with E-state index in [1.165, 1.54) is 0 Å². The van der Waals surface area contributed by atoms with Gasteiger partial charge >= 0.3 is 264 Å². The molecule has 0 aliphatic heterocycles. The Morgan fingerprint density at radius 3 is 0.250 bits per heavy atom. The number of rotatable bonds is 0. The Morgan fingerprint density at radius 1 is 0.250 bits per heavy atom. The molecule has 0 aromatic heterocycles. The van der Waals surface area contributed by atoms with Crippen LogP contribution in [-0.2, 0) is 0 Å². The second-order valence-corrected chi connectivity index (χ2v) is 0. The van der Waals surface area contributed by atoms with E-state index in [1.807, 2.05) is 0 Å². The van der Waals surface area contributed by atoms with Crippen molar-refractivity contribution >= 4 is 282 Å². The summed E-state index contributed by atoms with van der Waals surface area (Å²) in [5.41, 5.74) is 0. The van der Waals surface area contributed by atoms with Crippen molar-refractivity contribution in [2.75, 3.05) is 0 Å². The van der Waals surface area contributed by atoms with Gasteiger partial charge in [-0.15, -0.1) is 0 Å². The molecule has 0 aliphatic rings. The van der Waals surface area contributed by atoms with Crippen molar-refractivity contribution in [3.63, 3.8) is 0 Å². The van der Waals surface area contributed by atoms with Crippen LogP contribution in [0.2, 0.25) is 0 Å². The molecule has 0 rings (SSSR count). The Labute approximate surface area is 271 Å². The Kier molecular flexibility index (Phi) is 292. The average Bonchev–Trinajstić information content (AvgIpc) is 0. The molecular weight excluding hydrogens is 308 g/mol. The Hall–Kier alpha value is 9.35. The molecule has 0 spiro atoms. The molecule has 0 atom stereocenters. The first kappa shape index (κ1) is 53.1. The Morgan fingerprint density at radius 2 is 0.250 bits per heavy atom. The predicted molar refractivity (Wildman–Crippen MR) is 69.7 cm³/mol. The number of hydrogen-bond acceptors (Lipinski definition) is 0. The molecular formula is H17AlCa7. The van der Waals surface area contributed by atoms with Gasteiger partial charge in [-0.2, -0.15) is 0 Å². The third-order valence-electron chi connectivity index (χ3n) is 0. The Balaban J connectivity index is 0. The molecule has 0 saturated carbocycles. The second-order valence-electron chi connectivity index (χ2n) is 0. The van der Waals surface area contributed by atoms with E-state index < -0.39 is 0 Å². The zero-order valence-electron chi connectivity index (χ0n) is 0. The van der Waals surface area contributed by atoms with E-state index in [1.54, 1.807) is 0 Å². The summed E-state index contributed by atoms with van der Waals surface area (Å²) in [6.45, 7) is 0. The van der Waals surface area contributed by atoms with Gasteiger partial charge in [-0.25, -0.2) is 0 Å². The van der Waals surface area contributed by atoms with Crippen LogP contribution in [0.3, 0.4) is 0 Å². The molecule has 0 heterocycles. The van der Waals surface area contributed by atoms with Crippen LogP contribution in [0.15, 0.2) is 0 Å². The van der Waals surface area contributed by atoms with Crippen LogP contribution in [0.25, 0.3) is 0 Å². The molecule has 8 heteroatoms. The normalized spacial score (nSPS) is 0. The summed E-state index contributed by atoms with van der Waals surface area (Å²) in [5.74, 6) is 0. The number of hydrogen-bond donors (Lipinski definition) is 0. The standard InChI is InChI=1S/Al.7Ca.17H. The molecule has 0 radical (unpaired) electrons. The van der Waals surface area contributed by atoms with Crippen molar-refractivity contribution in [1.29, 1.82) is 0 Å². The zero-order chi connectivity index (χ0) is 0. The second kappa shape index (κ2) is 44.1. The van der Waals surface area contributed by atoms with Gasteiger partial charge in [0.15, 0.2) is 17.4 Å². The molecule has 0 aromatic rings. The van der Waals surface area contributed by atoms with Gasteiger partial charge in [-0.05, 0) is 0 Å². The van der Waals surface area contributed by atoms with Crippen LogP contribution in [0, 0.1) is 0 Å².